The van der Waals surface area contributed by atoms with E-state index in [2.05, 4.69) is 39.0 Å². The molecular formula is C20H26N4OS. The number of nitrogens with zero attached hydrogens (tertiary/aromatic N) is 3. The van der Waals surface area contributed by atoms with Crippen LogP contribution in [0.15, 0.2) is 36.5 Å². The Kier molecular flexibility index (Phi) is 4.96. The van der Waals surface area contributed by atoms with E-state index < -0.39 is 0 Å². The van der Waals surface area contributed by atoms with Crippen LogP contribution in [0.1, 0.15) is 36.1 Å². The highest BCUT2D eigenvalue weighted by atomic mass is 32.1. The molecule has 2 fully saturated rings. The Morgan fingerprint density at radius 1 is 1.15 bits per heavy atom. The van der Waals surface area contributed by atoms with Crippen molar-refractivity contribution < 1.29 is 4.79 Å². The third-order valence-electron chi connectivity index (χ3n) is 5.76. The number of nitrogen functional groups attached to an aromatic ring is 1. The van der Waals surface area contributed by atoms with Gasteiger partial charge in [0.05, 0.1) is 0 Å². The van der Waals surface area contributed by atoms with Crippen LogP contribution in [0.5, 0.6) is 0 Å². The highest BCUT2D eigenvalue weighted by Crippen LogP contribution is 2.39. The summed E-state index contributed by atoms with van der Waals surface area (Å²) in [6, 6.07) is 10.4. The van der Waals surface area contributed by atoms with E-state index in [0.717, 1.165) is 63.2 Å². The van der Waals surface area contributed by atoms with Crippen molar-refractivity contribution in [2.24, 2.45) is 0 Å². The van der Waals surface area contributed by atoms with Crippen LogP contribution in [-0.2, 0) is 17.8 Å². The number of piperidine rings is 1. The van der Waals surface area contributed by atoms with Crippen LogP contribution in [0.25, 0.3) is 0 Å². The molecule has 2 aromatic rings. The second-order valence-electron chi connectivity index (χ2n) is 7.35. The normalized spacial score (nSPS) is 23.8. The fourth-order valence-electron chi connectivity index (χ4n) is 4.46. The molecule has 0 bridgehead atoms. The van der Waals surface area contributed by atoms with Gasteiger partial charge in [0.2, 0.25) is 5.91 Å². The molecule has 1 spiro atoms. The number of hydrogen-bond donors (Lipinski definition) is 1. The molecule has 6 heteroatoms. The maximum absolute atomic E-state index is 13.4. The minimum atomic E-state index is -0.312. The summed E-state index contributed by atoms with van der Waals surface area (Å²) in [5.74, 6) is 0.328. The molecule has 1 atom stereocenters. The first kappa shape index (κ1) is 17.5. The molecule has 0 saturated carbocycles. The Bertz CT molecular complexity index is 762. The van der Waals surface area contributed by atoms with Gasteiger partial charge in [0.1, 0.15) is 5.54 Å². The summed E-state index contributed by atoms with van der Waals surface area (Å²) in [7, 11) is 0. The van der Waals surface area contributed by atoms with Crippen molar-refractivity contribution in [1.82, 2.24) is 14.8 Å². The molecule has 138 valence electrons. The average Bonchev–Trinajstić information content (AvgIpc) is 3.25. The van der Waals surface area contributed by atoms with Crippen LogP contribution in [0.4, 0.5) is 5.13 Å². The number of aromatic nitrogens is 1. The van der Waals surface area contributed by atoms with Gasteiger partial charge in [-0.15, -0.1) is 11.3 Å². The lowest BCUT2D eigenvalue weighted by atomic mass is 9.85. The second kappa shape index (κ2) is 7.37. The van der Waals surface area contributed by atoms with Gasteiger partial charge in [-0.1, -0.05) is 30.3 Å². The van der Waals surface area contributed by atoms with Crippen LogP contribution < -0.4 is 5.73 Å². The summed E-state index contributed by atoms with van der Waals surface area (Å²) < 4.78 is 0. The number of hydrogen-bond acceptors (Lipinski definition) is 5. The standard InChI is InChI=1S/C20H26N4OS/c21-19-22-14-17(26-19)15-24-12-5-10-20(24)9-4-11-23(18(20)25)13-8-16-6-2-1-3-7-16/h1-3,6-7,14H,4-5,8-13,15H2,(H2,21,22). The van der Waals surface area contributed by atoms with Gasteiger partial charge in [-0.25, -0.2) is 4.98 Å². The van der Waals surface area contributed by atoms with E-state index in [1.807, 2.05) is 12.3 Å². The van der Waals surface area contributed by atoms with E-state index in [9.17, 15) is 4.79 Å². The van der Waals surface area contributed by atoms with Crippen molar-refractivity contribution in [2.45, 2.75) is 44.2 Å². The lowest BCUT2D eigenvalue weighted by Gasteiger charge is -2.44. The second-order valence-corrected chi connectivity index (χ2v) is 8.50. The average molecular weight is 371 g/mol. The van der Waals surface area contributed by atoms with Gasteiger partial charge in [0.25, 0.3) is 0 Å². The number of amides is 1. The Labute approximate surface area is 158 Å². The molecule has 2 aliphatic rings. The molecule has 1 aromatic heterocycles. The molecule has 5 nitrogen and oxygen atoms in total. The van der Waals surface area contributed by atoms with Gasteiger partial charge >= 0.3 is 0 Å². The number of likely N-dealkylation sites (tertiary alicyclic amines) is 2. The maximum Gasteiger partial charge on any atom is 0.243 e. The molecule has 4 rings (SSSR count). The Morgan fingerprint density at radius 2 is 1.92 bits per heavy atom. The molecular weight excluding hydrogens is 344 g/mol. The summed E-state index contributed by atoms with van der Waals surface area (Å²) in [5, 5.41) is 0.604. The number of thiazole rings is 1. The maximum atomic E-state index is 13.4. The predicted octanol–water partition coefficient (Wildman–Crippen LogP) is 2.93. The van der Waals surface area contributed by atoms with Crippen LogP contribution in [0.3, 0.4) is 0 Å². The predicted molar refractivity (Wildman–Crippen MR) is 105 cm³/mol. The fourth-order valence-corrected chi connectivity index (χ4v) is 5.16. The number of rotatable bonds is 5. The minimum absolute atomic E-state index is 0.312. The molecule has 26 heavy (non-hydrogen) atoms. The van der Waals surface area contributed by atoms with E-state index in [-0.39, 0.29) is 5.54 Å². The third kappa shape index (κ3) is 3.35. The zero-order valence-electron chi connectivity index (χ0n) is 15.1. The highest BCUT2D eigenvalue weighted by Gasteiger charge is 2.50. The zero-order chi connectivity index (χ0) is 18.0. The van der Waals surface area contributed by atoms with Crippen LogP contribution in [-0.4, -0.2) is 45.9 Å². The summed E-state index contributed by atoms with van der Waals surface area (Å²) >= 11 is 1.53. The quantitative estimate of drug-likeness (QED) is 0.879. The topological polar surface area (TPSA) is 62.5 Å². The SMILES string of the molecule is Nc1ncc(CN2CCCC23CCCN(CCc2ccccc2)C3=O)s1. The van der Waals surface area contributed by atoms with Crippen molar-refractivity contribution in [3.05, 3.63) is 47.0 Å². The fraction of sp³-hybridized carbons (Fsp3) is 0.500. The molecule has 1 amide bonds. The highest BCUT2D eigenvalue weighted by molar-refractivity contribution is 7.15. The number of carbonyl (C=O) groups is 1. The lowest BCUT2D eigenvalue weighted by Crippen LogP contribution is -2.59. The number of nitrogens with two attached hydrogens (primary N) is 1. The van der Waals surface area contributed by atoms with Crippen molar-refractivity contribution in [3.63, 3.8) is 0 Å². The first-order valence-corrected chi connectivity index (χ1v) is 10.3. The van der Waals surface area contributed by atoms with Gasteiger partial charge < -0.3 is 10.6 Å². The van der Waals surface area contributed by atoms with Gasteiger partial charge in [-0.2, -0.15) is 0 Å². The van der Waals surface area contributed by atoms with Crippen LogP contribution >= 0.6 is 11.3 Å². The Hall–Kier alpha value is -1.92. The first-order valence-electron chi connectivity index (χ1n) is 9.46. The summed E-state index contributed by atoms with van der Waals surface area (Å²) in [5.41, 5.74) is 6.76. The molecule has 1 aromatic carbocycles. The minimum Gasteiger partial charge on any atom is -0.375 e. The summed E-state index contributed by atoms with van der Waals surface area (Å²) in [6.07, 6.45) is 6.90. The van der Waals surface area contributed by atoms with Gasteiger partial charge in [-0.3, -0.25) is 9.69 Å². The monoisotopic (exact) mass is 370 g/mol. The number of carbonyl (C=O) groups excluding carboxylic acids is 1. The zero-order valence-corrected chi connectivity index (χ0v) is 15.9. The van der Waals surface area contributed by atoms with E-state index in [1.54, 1.807) is 0 Å². The van der Waals surface area contributed by atoms with Crippen LogP contribution in [0.2, 0.25) is 0 Å². The van der Waals surface area contributed by atoms with E-state index in [1.165, 1.54) is 16.9 Å². The van der Waals surface area contributed by atoms with Crippen molar-refractivity contribution in [2.75, 3.05) is 25.4 Å². The third-order valence-corrected chi connectivity index (χ3v) is 6.57. The van der Waals surface area contributed by atoms with Crippen LogP contribution in [0, 0.1) is 0 Å². The van der Waals surface area contributed by atoms with E-state index >= 15 is 0 Å². The van der Waals surface area contributed by atoms with E-state index in [0.29, 0.717) is 11.0 Å². The molecule has 2 saturated heterocycles. The van der Waals surface area contributed by atoms with Crippen molar-refractivity contribution in [1.29, 1.82) is 0 Å². The molecule has 0 aliphatic carbocycles. The Morgan fingerprint density at radius 3 is 2.65 bits per heavy atom. The van der Waals surface area contributed by atoms with E-state index in [4.69, 9.17) is 5.73 Å². The summed E-state index contributed by atoms with van der Waals surface area (Å²) in [6.45, 7) is 3.46. The molecule has 2 aliphatic heterocycles. The number of benzene rings is 1. The molecule has 2 N–H and O–H groups in total. The van der Waals surface area contributed by atoms with Crippen molar-refractivity contribution >= 4 is 22.4 Å². The van der Waals surface area contributed by atoms with Gasteiger partial charge in [0, 0.05) is 30.7 Å². The van der Waals surface area contributed by atoms with Crippen molar-refractivity contribution in [3.8, 4) is 0 Å². The summed E-state index contributed by atoms with van der Waals surface area (Å²) in [4.78, 5) is 23.2. The number of anilines is 1. The van der Waals surface area contributed by atoms with Gasteiger partial charge in [-0.05, 0) is 44.2 Å². The molecule has 1 unspecified atom stereocenters. The largest absolute Gasteiger partial charge is 0.375 e. The molecule has 3 heterocycles. The first-order chi connectivity index (χ1) is 12.7. The smallest absolute Gasteiger partial charge is 0.243 e. The Balaban J connectivity index is 1.46. The van der Waals surface area contributed by atoms with Gasteiger partial charge in [0.15, 0.2) is 5.13 Å². The lowest BCUT2D eigenvalue weighted by molar-refractivity contribution is -0.147. The molecule has 0 radical (unpaired) electrons.